The number of ether oxygens (including phenoxy) is 1. The molecule has 6 nitrogen and oxygen atoms in total. The molecule has 3 rings (SSSR count). The van der Waals surface area contributed by atoms with Crippen LogP contribution in [0, 0.1) is 19.8 Å². The van der Waals surface area contributed by atoms with Crippen LogP contribution in [0.5, 0.6) is 0 Å². The smallest absolute Gasteiger partial charge is 0.225 e. The number of nitrogens with one attached hydrogen (secondary N) is 1. The summed E-state index contributed by atoms with van der Waals surface area (Å²) in [6, 6.07) is 3.88. The Morgan fingerprint density at radius 3 is 2.79 bits per heavy atom. The van der Waals surface area contributed by atoms with E-state index in [0.717, 1.165) is 42.9 Å². The lowest BCUT2D eigenvalue weighted by Gasteiger charge is -2.31. The lowest BCUT2D eigenvalue weighted by atomic mass is 9.87. The largest absolute Gasteiger partial charge is 0.381 e. The first-order chi connectivity index (χ1) is 11.6. The highest BCUT2D eigenvalue weighted by Gasteiger charge is 2.27. The van der Waals surface area contributed by atoms with Crippen molar-refractivity contribution in [3.8, 4) is 0 Å². The molecule has 1 N–H and O–H groups in total. The fourth-order valence-corrected chi connectivity index (χ4v) is 3.22. The molecule has 1 aliphatic heterocycles. The molecule has 1 amide bonds. The minimum Gasteiger partial charge on any atom is -0.381 e. The second-order valence-corrected chi connectivity index (χ2v) is 6.26. The van der Waals surface area contributed by atoms with E-state index in [2.05, 4.69) is 15.5 Å². The fraction of sp³-hybridized carbons (Fsp3) is 0.500. The Morgan fingerprint density at radius 1 is 1.38 bits per heavy atom. The van der Waals surface area contributed by atoms with E-state index >= 15 is 0 Å². The highest BCUT2D eigenvalue weighted by atomic mass is 16.5. The quantitative estimate of drug-likeness (QED) is 0.912. The van der Waals surface area contributed by atoms with E-state index in [1.165, 1.54) is 0 Å². The predicted octanol–water partition coefficient (Wildman–Crippen LogP) is 2.51. The van der Waals surface area contributed by atoms with E-state index in [1.54, 1.807) is 6.20 Å². The van der Waals surface area contributed by atoms with Crippen molar-refractivity contribution in [2.24, 2.45) is 5.92 Å². The van der Waals surface area contributed by atoms with Crippen molar-refractivity contribution >= 4 is 5.91 Å². The maximum Gasteiger partial charge on any atom is 0.225 e. The van der Waals surface area contributed by atoms with Crippen molar-refractivity contribution in [1.29, 1.82) is 0 Å². The van der Waals surface area contributed by atoms with Crippen LogP contribution in [0.1, 0.15) is 41.5 Å². The summed E-state index contributed by atoms with van der Waals surface area (Å²) in [5.41, 5.74) is 2.67. The van der Waals surface area contributed by atoms with Crippen LogP contribution in [0.4, 0.5) is 0 Å². The Morgan fingerprint density at radius 2 is 2.17 bits per heavy atom. The summed E-state index contributed by atoms with van der Waals surface area (Å²) in [4.78, 5) is 16.8. The van der Waals surface area contributed by atoms with Crippen molar-refractivity contribution in [2.45, 2.75) is 39.2 Å². The van der Waals surface area contributed by atoms with E-state index in [9.17, 15) is 4.79 Å². The molecule has 24 heavy (non-hydrogen) atoms. The van der Waals surface area contributed by atoms with Gasteiger partial charge in [0.1, 0.15) is 5.76 Å². The molecule has 3 heterocycles. The maximum absolute atomic E-state index is 12.6. The molecular weight excluding hydrogens is 306 g/mol. The van der Waals surface area contributed by atoms with Gasteiger partial charge >= 0.3 is 0 Å². The molecule has 0 unspecified atom stereocenters. The van der Waals surface area contributed by atoms with Crippen LogP contribution < -0.4 is 5.32 Å². The standard InChI is InChI=1S/C18H23N3O3/c1-12-16(13(2)24-21-12)10-17(22)20-18(14-5-8-23-9-6-14)15-4-3-7-19-11-15/h3-4,7,11,14,18H,5-6,8-10H2,1-2H3,(H,20,22)/t18-/m1/s1. The summed E-state index contributed by atoms with van der Waals surface area (Å²) in [6.07, 6.45) is 5.73. The molecule has 2 aromatic rings. The third kappa shape index (κ3) is 3.82. The van der Waals surface area contributed by atoms with Crippen LogP contribution in [0.3, 0.4) is 0 Å². The van der Waals surface area contributed by atoms with Crippen molar-refractivity contribution < 1.29 is 14.1 Å². The van der Waals surface area contributed by atoms with Crippen molar-refractivity contribution in [3.05, 3.63) is 47.1 Å². The van der Waals surface area contributed by atoms with Crippen LogP contribution in [-0.4, -0.2) is 29.3 Å². The monoisotopic (exact) mass is 329 g/mol. The third-order valence-corrected chi connectivity index (χ3v) is 4.62. The van der Waals surface area contributed by atoms with Crippen molar-refractivity contribution in [2.75, 3.05) is 13.2 Å². The second kappa shape index (κ2) is 7.57. The van der Waals surface area contributed by atoms with Crippen LogP contribution in [0.2, 0.25) is 0 Å². The number of aryl methyl sites for hydroxylation is 2. The van der Waals surface area contributed by atoms with Crippen LogP contribution >= 0.6 is 0 Å². The van der Waals surface area contributed by atoms with Gasteiger partial charge in [-0.05, 0) is 44.2 Å². The zero-order valence-corrected chi connectivity index (χ0v) is 14.1. The first-order valence-electron chi connectivity index (χ1n) is 8.34. The highest BCUT2D eigenvalue weighted by molar-refractivity contribution is 5.79. The van der Waals surface area contributed by atoms with Gasteiger partial charge in [0.05, 0.1) is 18.2 Å². The van der Waals surface area contributed by atoms with Crippen LogP contribution in [0.15, 0.2) is 29.0 Å². The molecule has 1 saturated heterocycles. The molecule has 0 spiro atoms. The minimum atomic E-state index is -0.0458. The topological polar surface area (TPSA) is 77.3 Å². The Kier molecular flexibility index (Phi) is 5.25. The Bertz CT molecular complexity index is 659. The van der Waals surface area contributed by atoms with E-state index in [0.29, 0.717) is 11.7 Å². The molecule has 1 fully saturated rings. The number of carbonyl (C=O) groups excluding carboxylic acids is 1. The molecule has 6 heteroatoms. The number of rotatable bonds is 5. The summed E-state index contributed by atoms with van der Waals surface area (Å²) >= 11 is 0. The maximum atomic E-state index is 12.6. The van der Waals surface area contributed by atoms with Gasteiger partial charge in [0, 0.05) is 31.2 Å². The van der Waals surface area contributed by atoms with Gasteiger partial charge in [0.15, 0.2) is 0 Å². The van der Waals surface area contributed by atoms with Gasteiger partial charge in [0.2, 0.25) is 5.91 Å². The van der Waals surface area contributed by atoms with E-state index < -0.39 is 0 Å². The first-order valence-corrected chi connectivity index (χ1v) is 8.34. The van der Waals surface area contributed by atoms with E-state index in [-0.39, 0.29) is 18.4 Å². The first kappa shape index (κ1) is 16.6. The van der Waals surface area contributed by atoms with Gasteiger partial charge < -0.3 is 14.6 Å². The molecule has 1 aliphatic rings. The molecule has 0 saturated carbocycles. The van der Waals surface area contributed by atoms with Gasteiger partial charge in [-0.25, -0.2) is 0 Å². The Hall–Kier alpha value is -2.21. The lowest BCUT2D eigenvalue weighted by molar-refractivity contribution is -0.121. The van der Waals surface area contributed by atoms with Crippen molar-refractivity contribution in [3.63, 3.8) is 0 Å². The Balaban J connectivity index is 1.75. The zero-order valence-electron chi connectivity index (χ0n) is 14.1. The molecular formula is C18H23N3O3. The van der Waals surface area contributed by atoms with E-state index in [1.807, 2.05) is 32.2 Å². The number of aromatic nitrogens is 2. The van der Waals surface area contributed by atoms with Gasteiger partial charge in [-0.2, -0.15) is 0 Å². The number of pyridine rings is 1. The van der Waals surface area contributed by atoms with Gasteiger partial charge in [0.25, 0.3) is 0 Å². The van der Waals surface area contributed by atoms with Gasteiger partial charge in [-0.3, -0.25) is 9.78 Å². The summed E-state index contributed by atoms with van der Waals surface area (Å²) in [5.74, 6) is 1.04. The number of amides is 1. The number of hydrogen-bond acceptors (Lipinski definition) is 5. The van der Waals surface area contributed by atoms with Gasteiger partial charge in [-0.1, -0.05) is 11.2 Å². The fourth-order valence-electron chi connectivity index (χ4n) is 3.22. The summed E-state index contributed by atoms with van der Waals surface area (Å²) in [7, 11) is 0. The number of carbonyl (C=O) groups is 1. The average molecular weight is 329 g/mol. The third-order valence-electron chi connectivity index (χ3n) is 4.62. The average Bonchev–Trinajstić information content (AvgIpc) is 2.93. The predicted molar refractivity (Wildman–Crippen MR) is 88.3 cm³/mol. The van der Waals surface area contributed by atoms with E-state index in [4.69, 9.17) is 9.26 Å². The molecule has 1 atom stereocenters. The van der Waals surface area contributed by atoms with Gasteiger partial charge in [-0.15, -0.1) is 0 Å². The molecule has 0 aliphatic carbocycles. The molecule has 0 radical (unpaired) electrons. The minimum absolute atomic E-state index is 0.0234. The van der Waals surface area contributed by atoms with Crippen molar-refractivity contribution in [1.82, 2.24) is 15.5 Å². The van der Waals surface area contributed by atoms with Crippen LogP contribution in [0.25, 0.3) is 0 Å². The lowest BCUT2D eigenvalue weighted by Crippen LogP contribution is -2.37. The van der Waals surface area contributed by atoms with Crippen LogP contribution in [-0.2, 0) is 16.0 Å². The molecule has 2 aromatic heterocycles. The summed E-state index contributed by atoms with van der Waals surface area (Å²) in [5, 5.41) is 7.11. The summed E-state index contributed by atoms with van der Waals surface area (Å²) < 4.78 is 10.6. The normalized spacial score (nSPS) is 16.8. The Labute approximate surface area is 141 Å². The zero-order chi connectivity index (χ0) is 16.9. The SMILES string of the molecule is Cc1noc(C)c1CC(=O)N[C@@H](c1cccnc1)C1CCOCC1. The molecule has 128 valence electrons. The number of hydrogen-bond donors (Lipinski definition) is 1. The highest BCUT2D eigenvalue weighted by Crippen LogP contribution is 2.30. The summed E-state index contributed by atoms with van der Waals surface area (Å²) in [6.45, 7) is 5.16. The molecule has 0 bridgehead atoms. The second-order valence-electron chi connectivity index (χ2n) is 6.26. The number of nitrogens with zero attached hydrogens (tertiary/aromatic N) is 2. The molecule has 0 aromatic carbocycles.